The average molecular weight is 522 g/mol. The number of ether oxygens (including phenoxy) is 3. The van der Waals surface area contributed by atoms with E-state index in [-0.39, 0.29) is 23.2 Å². The monoisotopic (exact) mass is 521 g/mol. The first-order chi connectivity index (χ1) is 17.5. The molecule has 0 radical (unpaired) electrons. The van der Waals surface area contributed by atoms with Gasteiger partial charge in [0, 0.05) is 5.41 Å². The topological polar surface area (TPSA) is 135 Å². The molecule has 0 bridgehead atoms. The minimum Gasteiger partial charge on any atom is -0.389 e. The Morgan fingerprint density at radius 2 is 1.73 bits per heavy atom. The predicted molar refractivity (Wildman–Crippen MR) is 136 cm³/mol. The molecular formula is C29H47NO7. The van der Waals surface area contributed by atoms with E-state index in [0.717, 1.165) is 57.8 Å². The van der Waals surface area contributed by atoms with Crippen molar-refractivity contribution in [3.05, 3.63) is 11.6 Å². The summed E-state index contributed by atoms with van der Waals surface area (Å²) >= 11 is 0. The minimum atomic E-state index is -1.27. The Hall–Kier alpha value is -0.580. The summed E-state index contributed by atoms with van der Waals surface area (Å²) in [5, 5.41) is 43.1. The lowest BCUT2D eigenvalue weighted by Crippen LogP contribution is -2.62. The van der Waals surface area contributed by atoms with Gasteiger partial charge in [-0.1, -0.05) is 13.8 Å². The molecule has 0 aromatic rings. The van der Waals surface area contributed by atoms with Gasteiger partial charge < -0.3 is 40.4 Å². The van der Waals surface area contributed by atoms with Crippen molar-refractivity contribution >= 4 is 0 Å². The Morgan fingerprint density at radius 1 is 0.946 bits per heavy atom. The maximum Gasteiger partial charge on any atom is 0.186 e. The summed E-state index contributed by atoms with van der Waals surface area (Å²) < 4.78 is 17.6. The van der Waals surface area contributed by atoms with Crippen LogP contribution in [0.5, 0.6) is 0 Å². The normalized spacial score (nSPS) is 57.8. The lowest BCUT2D eigenvalue weighted by atomic mass is 9.43. The number of aliphatic hydroxyl groups excluding tert-OH is 3. The van der Waals surface area contributed by atoms with Gasteiger partial charge in [-0.05, 0) is 105 Å². The van der Waals surface area contributed by atoms with Crippen molar-refractivity contribution in [3.8, 4) is 0 Å². The molecule has 5 fully saturated rings. The largest absolute Gasteiger partial charge is 0.389 e. The van der Waals surface area contributed by atoms with Crippen molar-refractivity contribution in [2.45, 2.75) is 127 Å². The molecule has 0 spiro atoms. The second kappa shape index (κ2) is 9.23. The molecule has 6 N–H and O–H groups in total. The maximum absolute atomic E-state index is 12.4. The first-order valence-electron chi connectivity index (χ1n) is 14.6. The highest BCUT2D eigenvalue weighted by atomic mass is 16.7. The van der Waals surface area contributed by atoms with Crippen LogP contribution in [0.1, 0.15) is 78.6 Å². The van der Waals surface area contributed by atoms with Gasteiger partial charge in [0.25, 0.3) is 0 Å². The van der Waals surface area contributed by atoms with E-state index < -0.39 is 36.3 Å². The molecule has 4 saturated carbocycles. The number of hydrogen-bond donors (Lipinski definition) is 5. The maximum atomic E-state index is 12.4. The third-order valence-corrected chi connectivity index (χ3v) is 12.2. The zero-order valence-electron chi connectivity index (χ0n) is 22.6. The first kappa shape index (κ1) is 26.6. The highest BCUT2D eigenvalue weighted by Crippen LogP contribution is 2.70. The van der Waals surface area contributed by atoms with Crippen LogP contribution in [0, 0.1) is 34.5 Å². The smallest absolute Gasteiger partial charge is 0.186 e. The lowest BCUT2D eigenvalue weighted by Gasteiger charge is -2.64. The van der Waals surface area contributed by atoms with E-state index in [1.165, 1.54) is 5.57 Å². The molecule has 2 heterocycles. The molecule has 14 atom stereocenters. The molecule has 8 nitrogen and oxygen atoms in total. The molecule has 8 heteroatoms. The second-order valence-corrected chi connectivity index (χ2v) is 13.7. The lowest BCUT2D eigenvalue weighted by molar-refractivity contribution is -0.310. The molecule has 0 amide bonds. The summed E-state index contributed by atoms with van der Waals surface area (Å²) in [5.74, 6) is 1.65. The molecule has 6 rings (SSSR count). The standard InChI is InChI=1S/C29H47NO7/c1-15-23(31)24(32)25(33)26(36-15)37-18-6-9-27(2)17(13-18)4-5-21-20(27)7-10-28(3)19(8-11-29(21,28)34)16-12-22(30)35-14-16/h12,15,17-26,31-34H,4-11,13-14,30H2,1-3H3/t15-,17-,18+,19-,20?,21?,22?,23-,24+,25+,26+,27+,28-,29+/m1/s1. The van der Waals surface area contributed by atoms with Gasteiger partial charge >= 0.3 is 0 Å². The van der Waals surface area contributed by atoms with Gasteiger partial charge in [0.1, 0.15) is 24.5 Å². The zero-order chi connectivity index (χ0) is 26.3. The molecule has 6 aliphatic rings. The van der Waals surface area contributed by atoms with Crippen LogP contribution < -0.4 is 5.73 Å². The van der Waals surface area contributed by atoms with Crippen molar-refractivity contribution in [3.63, 3.8) is 0 Å². The van der Waals surface area contributed by atoms with Crippen LogP contribution in [0.25, 0.3) is 0 Å². The van der Waals surface area contributed by atoms with Gasteiger partial charge in [-0.3, -0.25) is 0 Å². The predicted octanol–water partition coefficient (Wildman–Crippen LogP) is 2.21. The number of rotatable bonds is 3. The van der Waals surface area contributed by atoms with Crippen molar-refractivity contribution in [1.82, 2.24) is 0 Å². The molecule has 2 aliphatic heterocycles. The molecular weight excluding hydrogens is 474 g/mol. The van der Waals surface area contributed by atoms with Crippen molar-refractivity contribution in [2.75, 3.05) is 6.61 Å². The van der Waals surface area contributed by atoms with Gasteiger partial charge in [-0.25, -0.2) is 0 Å². The SMILES string of the molecule is C[C@H]1O[C@@H](O[C@H]2CC[C@]3(C)C4CC[C@]5(C)[C@@H](C6=CC(N)OC6)CC[C@]5(O)C4CC[C@@H]3C2)[C@@H](O)[C@@H](O)[C@@H]1O. The molecule has 1 saturated heterocycles. The van der Waals surface area contributed by atoms with Crippen molar-refractivity contribution in [2.24, 2.45) is 40.2 Å². The third kappa shape index (κ3) is 3.92. The van der Waals surface area contributed by atoms with Gasteiger partial charge in [0.15, 0.2) is 6.29 Å². The third-order valence-electron chi connectivity index (χ3n) is 12.2. The Bertz CT molecular complexity index is 915. The first-order valence-corrected chi connectivity index (χ1v) is 14.6. The van der Waals surface area contributed by atoms with E-state index in [0.29, 0.717) is 30.3 Å². The molecule has 0 aromatic carbocycles. The van der Waals surface area contributed by atoms with Gasteiger partial charge in [-0.2, -0.15) is 0 Å². The van der Waals surface area contributed by atoms with Crippen LogP contribution in [-0.4, -0.2) is 75.7 Å². The minimum absolute atomic E-state index is 0.0461. The van der Waals surface area contributed by atoms with Crippen LogP contribution in [0.3, 0.4) is 0 Å². The van der Waals surface area contributed by atoms with Crippen LogP contribution in [-0.2, 0) is 14.2 Å². The summed E-state index contributed by atoms with van der Waals surface area (Å²) in [4.78, 5) is 0. The van der Waals surface area contributed by atoms with E-state index in [4.69, 9.17) is 19.9 Å². The molecule has 3 unspecified atom stereocenters. The molecule has 0 aromatic heterocycles. The van der Waals surface area contributed by atoms with E-state index >= 15 is 0 Å². The Labute approximate surface area is 220 Å². The fourth-order valence-corrected chi connectivity index (χ4v) is 9.94. The molecule has 37 heavy (non-hydrogen) atoms. The summed E-state index contributed by atoms with van der Waals surface area (Å²) in [6, 6.07) is 0. The fourth-order valence-electron chi connectivity index (χ4n) is 9.94. The van der Waals surface area contributed by atoms with E-state index in [1.807, 2.05) is 0 Å². The number of nitrogens with two attached hydrogens (primary N) is 1. The molecule has 210 valence electrons. The Kier molecular flexibility index (Phi) is 6.65. The van der Waals surface area contributed by atoms with E-state index in [9.17, 15) is 20.4 Å². The number of fused-ring (bicyclic) bond motifs is 5. The van der Waals surface area contributed by atoms with Crippen LogP contribution in [0.4, 0.5) is 0 Å². The fraction of sp³-hybridized carbons (Fsp3) is 0.931. The van der Waals surface area contributed by atoms with Crippen molar-refractivity contribution < 1.29 is 34.6 Å². The number of aliphatic hydroxyl groups is 4. The summed E-state index contributed by atoms with van der Waals surface area (Å²) in [5.41, 5.74) is 6.68. The Balaban J connectivity index is 1.16. The van der Waals surface area contributed by atoms with Crippen molar-refractivity contribution in [1.29, 1.82) is 0 Å². The number of hydrogen-bond acceptors (Lipinski definition) is 8. The highest BCUT2D eigenvalue weighted by Gasteiger charge is 2.67. The Morgan fingerprint density at radius 3 is 2.46 bits per heavy atom. The van der Waals surface area contributed by atoms with Crippen LogP contribution in [0.2, 0.25) is 0 Å². The van der Waals surface area contributed by atoms with Gasteiger partial charge in [0.2, 0.25) is 0 Å². The summed E-state index contributed by atoms with van der Waals surface area (Å²) in [7, 11) is 0. The van der Waals surface area contributed by atoms with E-state index in [1.54, 1.807) is 6.92 Å². The average Bonchev–Trinajstić information content (AvgIpc) is 3.41. The molecule has 4 aliphatic carbocycles. The second-order valence-electron chi connectivity index (χ2n) is 13.7. The van der Waals surface area contributed by atoms with Gasteiger partial charge in [0.05, 0.1) is 24.4 Å². The van der Waals surface area contributed by atoms with E-state index in [2.05, 4.69) is 19.9 Å². The van der Waals surface area contributed by atoms with Crippen LogP contribution >= 0.6 is 0 Å². The highest BCUT2D eigenvalue weighted by molar-refractivity contribution is 5.26. The van der Waals surface area contributed by atoms with Gasteiger partial charge in [-0.15, -0.1) is 0 Å². The summed E-state index contributed by atoms with van der Waals surface area (Å²) in [6.45, 7) is 7.06. The quantitative estimate of drug-likeness (QED) is 0.282. The van der Waals surface area contributed by atoms with Crippen LogP contribution in [0.15, 0.2) is 11.6 Å². The summed E-state index contributed by atoms with van der Waals surface area (Å²) in [6.07, 6.45) is 5.51. The zero-order valence-corrected chi connectivity index (χ0v) is 22.6.